The molecule has 0 saturated heterocycles. The molecule has 0 spiro atoms. The molecule has 3 N–H and O–H groups in total. The van der Waals surface area contributed by atoms with Crippen molar-refractivity contribution in [2.24, 2.45) is 0 Å². The number of hydrogen-bond donors (Lipinski definition) is 2. The second-order valence-electron chi connectivity index (χ2n) is 3.84. The summed E-state index contributed by atoms with van der Waals surface area (Å²) >= 11 is 6.04. The van der Waals surface area contributed by atoms with Gasteiger partial charge in [-0.2, -0.15) is 0 Å². The van der Waals surface area contributed by atoms with Crippen molar-refractivity contribution < 1.29 is 4.39 Å². The van der Waals surface area contributed by atoms with E-state index in [1.165, 1.54) is 12.1 Å². The molecule has 0 radical (unpaired) electrons. The van der Waals surface area contributed by atoms with E-state index in [4.69, 9.17) is 17.3 Å². The van der Waals surface area contributed by atoms with Crippen molar-refractivity contribution in [3.63, 3.8) is 0 Å². The smallest absolute Gasteiger partial charge is 0.148 e. The minimum atomic E-state index is -0.446. The molecule has 0 amide bonds. The normalized spacial score (nSPS) is 10.3. The summed E-state index contributed by atoms with van der Waals surface area (Å²) in [6, 6.07) is 10.2. The number of benzene rings is 2. The van der Waals surface area contributed by atoms with Gasteiger partial charge in [-0.25, -0.2) is 4.39 Å². The topological polar surface area (TPSA) is 38.0 Å². The Balaban J connectivity index is 2.31. The van der Waals surface area contributed by atoms with Crippen molar-refractivity contribution in [2.45, 2.75) is 6.92 Å². The average molecular weight is 251 g/mol. The molecule has 0 aromatic heterocycles. The van der Waals surface area contributed by atoms with Gasteiger partial charge in [-0.1, -0.05) is 17.7 Å². The monoisotopic (exact) mass is 250 g/mol. The molecule has 17 heavy (non-hydrogen) atoms. The molecule has 2 rings (SSSR count). The predicted octanol–water partition coefficient (Wildman–Crippen LogP) is 4.11. The lowest BCUT2D eigenvalue weighted by molar-refractivity contribution is 0.633. The van der Waals surface area contributed by atoms with Gasteiger partial charge in [0.2, 0.25) is 0 Å². The molecule has 0 aliphatic carbocycles. The molecule has 4 heteroatoms. The van der Waals surface area contributed by atoms with Crippen LogP contribution in [-0.2, 0) is 0 Å². The van der Waals surface area contributed by atoms with E-state index in [1.54, 1.807) is 12.1 Å². The SMILES string of the molecule is Cc1ccc(Cl)c(Nc2ccc(N)c(F)c2)c1. The van der Waals surface area contributed by atoms with Gasteiger partial charge in [-0.15, -0.1) is 0 Å². The van der Waals surface area contributed by atoms with Crippen LogP contribution in [0.1, 0.15) is 5.56 Å². The van der Waals surface area contributed by atoms with Crippen LogP contribution in [0.5, 0.6) is 0 Å². The Kier molecular flexibility index (Phi) is 3.20. The van der Waals surface area contributed by atoms with Gasteiger partial charge in [0.1, 0.15) is 5.82 Å². The van der Waals surface area contributed by atoms with E-state index in [9.17, 15) is 4.39 Å². The molecule has 0 bridgehead atoms. The summed E-state index contributed by atoms with van der Waals surface area (Å²) in [7, 11) is 0. The van der Waals surface area contributed by atoms with E-state index in [1.807, 2.05) is 19.1 Å². The average Bonchev–Trinajstić information content (AvgIpc) is 2.29. The highest BCUT2D eigenvalue weighted by molar-refractivity contribution is 6.33. The third-order valence-electron chi connectivity index (χ3n) is 2.40. The molecule has 0 aliphatic heterocycles. The number of hydrogen-bond acceptors (Lipinski definition) is 2. The summed E-state index contributed by atoms with van der Waals surface area (Å²) in [5.74, 6) is -0.446. The fourth-order valence-corrected chi connectivity index (χ4v) is 1.66. The van der Waals surface area contributed by atoms with E-state index in [2.05, 4.69) is 5.32 Å². The molecule has 0 aliphatic rings. The zero-order chi connectivity index (χ0) is 12.4. The predicted molar refractivity (Wildman–Crippen MR) is 70.3 cm³/mol. The molecule has 0 heterocycles. The molecule has 0 saturated carbocycles. The van der Waals surface area contributed by atoms with Gasteiger partial charge in [0.15, 0.2) is 0 Å². The lowest BCUT2D eigenvalue weighted by Gasteiger charge is -2.10. The van der Waals surface area contributed by atoms with Crippen LogP contribution in [0.4, 0.5) is 21.5 Å². The summed E-state index contributed by atoms with van der Waals surface area (Å²) in [5, 5.41) is 3.64. The van der Waals surface area contributed by atoms with Crippen molar-refractivity contribution >= 4 is 28.7 Å². The van der Waals surface area contributed by atoms with Crippen LogP contribution >= 0.6 is 11.6 Å². The van der Waals surface area contributed by atoms with Gasteiger partial charge >= 0.3 is 0 Å². The van der Waals surface area contributed by atoms with Gasteiger partial charge < -0.3 is 11.1 Å². The fourth-order valence-electron chi connectivity index (χ4n) is 1.50. The maximum Gasteiger partial charge on any atom is 0.148 e. The Bertz CT molecular complexity index is 555. The van der Waals surface area contributed by atoms with Gasteiger partial charge in [0.05, 0.1) is 16.4 Å². The highest BCUT2D eigenvalue weighted by atomic mass is 35.5. The molecular weight excluding hydrogens is 239 g/mol. The van der Waals surface area contributed by atoms with Crippen LogP contribution < -0.4 is 11.1 Å². The lowest BCUT2D eigenvalue weighted by atomic mass is 10.2. The highest BCUT2D eigenvalue weighted by Crippen LogP contribution is 2.27. The van der Waals surface area contributed by atoms with E-state index in [-0.39, 0.29) is 5.69 Å². The first-order chi connectivity index (χ1) is 8.06. The van der Waals surface area contributed by atoms with E-state index < -0.39 is 5.82 Å². The third kappa shape index (κ3) is 2.68. The molecule has 2 aromatic carbocycles. The Morgan fingerprint density at radius 3 is 2.65 bits per heavy atom. The minimum Gasteiger partial charge on any atom is -0.396 e. The summed E-state index contributed by atoms with van der Waals surface area (Å²) < 4.78 is 13.3. The van der Waals surface area contributed by atoms with Crippen LogP contribution in [-0.4, -0.2) is 0 Å². The Morgan fingerprint density at radius 1 is 1.18 bits per heavy atom. The summed E-state index contributed by atoms with van der Waals surface area (Å²) in [5.41, 5.74) is 7.98. The number of aryl methyl sites for hydroxylation is 1. The first kappa shape index (κ1) is 11.7. The first-order valence-corrected chi connectivity index (χ1v) is 5.52. The quantitative estimate of drug-likeness (QED) is 0.787. The zero-order valence-corrected chi connectivity index (χ0v) is 10.1. The van der Waals surface area contributed by atoms with Crippen LogP contribution in [0.2, 0.25) is 5.02 Å². The van der Waals surface area contributed by atoms with Crippen LogP contribution in [0.3, 0.4) is 0 Å². The van der Waals surface area contributed by atoms with Crippen molar-refractivity contribution in [3.8, 4) is 0 Å². The number of nitrogens with one attached hydrogen (secondary N) is 1. The Morgan fingerprint density at radius 2 is 1.94 bits per heavy atom. The van der Waals surface area contributed by atoms with E-state index in [0.717, 1.165) is 11.3 Å². The molecule has 2 nitrogen and oxygen atoms in total. The second-order valence-corrected chi connectivity index (χ2v) is 4.25. The van der Waals surface area contributed by atoms with E-state index in [0.29, 0.717) is 10.7 Å². The summed E-state index contributed by atoms with van der Waals surface area (Å²) in [6.45, 7) is 1.96. The van der Waals surface area contributed by atoms with Crippen LogP contribution in [0, 0.1) is 12.7 Å². The first-order valence-electron chi connectivity index (χ1n) is 5.14. The fraction of sp³-hybridized carbons (Fsp3) is 0.0769. The minimum absolute atomic E-state index is 0.130. The number of nitrogen functional groups attached to an aromatic ring is 1. The van der Waals surface area contributed by atoms with Crippen molar-refractivity contribution in [1.29, 1.82) is 0 Å². The van der Waals surface area contributed by atoms with Crippen molar-refractivity contribution in [3.05, 3.63) is 52.8 Å². The van der Waals surface area contributed by atoms with Gasteiger partial charge in [0.25, 0.3) is 0 Å². The Hall–Kier alpha value is -1.74. The standard InChI is InChI=1S/C13H12ClFN2/c1-8-2-4-10(14)13(6-8)17-9-3-5-12(16)11(15)7-9/h2-7,17H,16H2,1H3. The van der Waals surface area contributed by atoms with Gasteiger partial charge in [-0.05, 0) is 42.8 Å². The van der Waals surface area contributed by atoms with Crippen LogP contribution in [0.25, 0.3) is 0 Å². The number of rotatable bonds is 2. The molecule has 0 fully saturated rings. The maximum atomic E-state index is 13.3. The zero-order valence-electron chi connectivity index (χ0n) is 9.30. The largest absolute Gasteiger partial charge is 0.396 e. The summed E-state index contributed by atoms with van der Waals surface area (Å²) in [6.07, 6.45) is 0. The van der Waals surface area contributed by atoms with Gasteiger partial charge in [-0.3, -0.25) is 0 Å². The van der Waals surface area contributed by atoms with E-state index >= 15 is 0 Å². The van der Waals surface area contributed by atoms with Crippen molar-refractivity contribution in [1.82, 2.24) is 0 Å². The molecule has 0 unspecified atom stereocenters. The number of halogens is 2. The molecule has 0 atom stereocenters. The lowest BCUT2D eigenvalue weighted by Crippen LogP contribution is -1.95. The van der Waals surface area contributed by atoms with Crippen molar-refractivity contribution in [2.75, 3.05) is 11.1 Å². The molecule has 2 aromatic rings. The van der Waals surface area contributed by atoms with Gasteiger partial charge in [0, 0.05) is 5.69 Å². The summed E-state index contributed by atoms with van der Waals surface area (Å²) in [4.78, 5) is 0. The number of nitrogens with two attached hydrogens (primary N) is 1. The molecular formula is C13H12ClFN2. The Labute approximate surface area is 104 Å². The molecule has 88 valence electrons. The second kappa shape index (κ2) is 4.63. The highest BCUT2D eigenvalue weighted by Gasteiger charge is 2.03. The maximum absolute atomic E-state index is 13.3. The van der Waals surface area contributed by atoms with Crippen LogP contribution in [0.15, 0.2) is 36.4 Å². The number of anilines is 3. The third-order valence-corrected chi connectivity index (χ3v) is 2.73.